The first-order valence-corrected chi connectivity index (χ1v) is 11.1. The minimum atomic E-state index is 0.0771. The van der Waals surface area contributed by atoms with E-state index in [1.807, 2.05) is 11.8 Å². The van der Waals surface area contributed by atoms with E-state index in [-0.39, 0.29) is 11.8 Å². The Bertz CT molecular complexity index is 760. The number of thiazole rings is 1. The summed E-state index contributed by atoms with van der Waals surface area (Å²) in [4.78, 5) is 17.9. The maximum Gasteiger partial charge on any atom is 0.251 e. The molecule has 124 valence electrons. The van der Waals surface area contributed by atoms with Gasteiger partial charge in [-0.25, -0.2) is 0 Å². The van der Waals surface area contributed by atoms with E-state index in [0.717, 1.165) is 47.3 Å². The number of hydrogen-bond donors (Lipinski definition) is 0. The van der Waals surface area contributed by atoms with Gasteiger partial charge in [0.15, 0.2) is 4.80 Å². The van der Waals surface area contributed by atoms with Crippen LogP contribution in [0.3, 0.4) is 0 Å². The van der Waals surface area contributed by atoms with E-state index < -0.39 is 0 Å². The number of thioether (sulfide) groups is 1. The normalized spacial score (nSPS) is 17.0. The number of benzene rings is 1. The van der Waals surface area contributed by atoms with Crippen LogP contribution in [0.25, 0.3) is 10.2 Å². The molecule has 3 nitrogen and oxygen atoms in total. The van der Waals surface area contributed by atoms with Gasteiger partial charge in [0, 0.05) is 22.7 Å². The van der Waals surface area contributed by atoms with Crippen molar-refractivity contribution < 1.29 is 4.79 Å². The predicted molar refractivity (Wildman–Crippen MR) is 103 cm³/mol. The molecule has 0 unspecified atom stereocenters. The fourth-order valence-electron chi connectivity index (χ4n) is 3.07. The van der Waals surface area contributed by atoms with Gasteiger partial charge in [0.25, 0.3) is 5.91 Å². The lowest BCUT2D eigenvalue weighted by molar-refractivity contribution is -0.122. The number of fused-ring (bicyclic) bond motifs is 1. The molecule has 0 atom stereocenters. The van der Waals surface area contributed by atoms with Gasteiger partial charge >= 0.3 is 0 Å². The number of carbonyl (C=O) groups is 1. The summed E-state index contributed by atoms with van der Waals surface area (Å²) in [7, 11) is 0. The largest absolute Gasteiger partial charge is 0.316 e. The van der Waals surface area contributed by atoms with Crippen molar-refractivity contribution in [3.63, 3.8) is 0 Å². The number of amides is 1. The summed E-state index contributed by atoms with van der Waals surface area (Å²) < 4.78 is 4.44. The molecule has 1 aromatic heterocycles. The second-order valence-corrected chi connectivity index (χ2v) is 8.84. The topological polar surface area (TPSA) is 34.4 Å². The van der Waals surface area contributed by atoms with Crippen molar-refractivity contribution >= 4 is 55.2 Å². The standard InChI is InChI=1S/C17H21BrN2OS2/c1-22-10-9-20-14-8-7-13(18)11-15(14)23-17(20)19-16(21)12-5-3-2-4-6-12/h7-8,11-12H,2-6,9-10H2,1H3. The van der Waals surface area contributed by atoms with Crippen molar-refractivity contribution in [2.75, 3.05) is 12.0 Å². The maximum absolute atomic E-state index is 12.5. The lowest BCUT2D eigenvalue weighted by Crippen LogP contribution is -2.22. The highest BCUT2D eigenvalue weighted by Gasteiger charge is 2.21. The van der Waals surface area contributed by atoms with Crippen molar-refractivity contribution in [3.05, 3.63) is 27.5 Å². The minimum Gasteiger partial charge on any atom is -0.316 e. The zero-order chi connectivity index (χ0) is 16.2. The molecule has 0 saturated heterocycles. The Balaban J connectivity index is 2.00. The molecule has 2 aromatic rings. The van der Waals surface area contributed by atoms with Crippen molar-refractivity contribution in [1.29, 1.82) is 0 Å². The SMILES string of the molecule is CSCCn1c(=NC(=O)C2CCCCC2)sc2cc(Br)ccc21. The summed E-state index contributed by atoms with van der Waals surface area (Å²) in [5.41, 5.74) is 1.17. The monoisotopic (exact) mass is 412 g/mol. The number of rotatable bonds is 4. The summed E-state index contributed by atoms with van der Waals surface area (Å²) in [6.45, 7) is 0.888. The molecule has 1 heterocycles. The molecule has 1 amide bonds. The van der Waals surface area contributed by atoms with Crippen LogP contribution in [0.4, 0.5) is 0 Å². The van der Waals surface area contributed by atoms with Crippen molar-refractivity contribution in [3.8, 4) is 0 Å². The third-order valence-corrected chi connectivity index (χ3v) is 6.45. The Hall–Kier alpha value is -0.590. The number of aromatic nitrogens is 1. The van der Waals surface area contributed by atoms with Crippen molar-refractivity contribution in [1.82, 2.24) is 4.57 Å². The second kappa shape index (κ2) is 7.99. The van der Waals surface area contributed by atoms with Crippen LogP contribution in [0.15, 0.2) is 27.7 Å². The summed E-state index contributed by atoms with van der Waals surface area (Å²) >= 11 is 6.96. The molecule has 1 aliphatic rings. The van der Waals surface area contributed by atoms with Crippen LogP contribution in [0.5, 0.6) is 0 Å². The lowest BCUT2D eigenvalue weighted by Gasteiger charge is -2.17. The highest BCUT2D eigenvalue weighted by Crippen LogP contribution is 2.25. The van der Waals surface area contributed by atoms with Crippen LogP contribution in [0, 0.1) is 5.92 Å². The summed E-state index contributed by atoms with van der Waals surface area (Å²) in [5, 5.41) is 0. The minimum absolute atomic E-state index is 0.0771. The summed E-state index contributed by atoms with van der Waals surface area (Å²) in [6.07, 6.45) is 7.70. The van der Waals surface area contributed by atoms with E-state index in [2.05, 4.69) is 49.9 Å². The Morgan fingerprint density at radius 2 is 2.17 bits per heavy atom. The van der Waals surface area contributed by atoms with Gasteiger partial charge in [-0.3, -0.25) is 4.79 Å². The Morgan fingerprint density at radius 3 is 2.91 bits per heavy atom. The zero-order valence-electron chi connectivity index (χ0n) is 13.3. The first kappa shape index (κ1) is 17.2. The third-order valence-electron chi connectivity index (χ3n) is 4.32. The number of halogens is 1. The van der Waals surface area contributed by atoms with Crippen LogP contribution in [-0.2, 0) is 11.3 Å². The fraction of sp³-hybridized carbons (Fsp3) is 0.529. The van der Waals surface area contributed by atoms with Crippen LogP contribution >= 0.6 is 39.0 Å². The smallest absolute Gasteiger partial charge is 0.251 e. The van der Waals surface area contributed by atoms with Gasteiger partial charge in [-0.1, -0.05) is 46.5 Å². The molecule has 1 aromatic carbocycles. The molecule has 0 spiro atoms. The second-order valence-electron chi connectivity index (χ2n) is 5.93. The van der Waals surface area contributed by atoms with Crippen LogP contribution in [0.2, 0.25) is 0 Å². The van der Waals surface area contributed by atoms with Gasteiger partial charge in [0.1, 0.15) is 0 Å². The Morgan fingerprint density at radius 1 is 1.39 bits per heavy atom. The molecular formula is C17H21BrN2OS2. The molecule has 0 aliphatic heterocycles. The first-order valence-electron chi connectivity index (χ1n) is 8.05. The average molecular weight is 413 g/mol. The molecule has 6 heteroatoms. The van der Waals surface area contributed by atoms with E-state index in [1.54, 1.807) is 11.3 Å². The van der Waals surface area contributed by atoms with Crippen LogP contribution < -0.4 is 4.80 Å². The van der Waals surface area contributed by atoms with E-state index in [0.29, 0.717) is 0 Å². The number of carbonyl (C=O) groups excluding carboxylic acids is 1. The van der Waals surface area contributed by atoms with Crippen LogP contribution in [0.1, 0.15) is 32.1 Å². The van der Waals surface area contributed by atoms with Gasteiger partial charge in [-0.05, 0) is 37.3 Å². The zero-order valence-corrected chi connectivity index (χ0v) is 16.5. The van der Waals surface area contributed by atoms with E-state index in [4.69, 9.17) is 0 Å². The molecule has 0 radical (unpaired) electrons. The Kier molecular flexibility index (Phi) is 5.99. The van der Waals surface area contributed by atoms with Gasteiger partial charge in [0.2, 0.25) is 0 Å². The van der Waals surface area contributed by atoms with Gasteiger partial charge in [-0.15, -0.1) is 0 Å². The lowest BCUT2D eigenvalue weighted by atomic mass is 9.89. The Labute approximate surface area is 153 Å². The summed E-state index contributed by atoms with van der Waals surface area (Å²) in [6, 6.07) is 6.28. The molecular weight excluding hydrogens is 392 g/mol. The summed E-state index contributed by atoms with van der Waals surface area (Å²) in [5.74, 6) is 1.23. The van der Waals surface area contributed by atoms with Crippen molar-refractivity contribution in [2.45, 2.75) is 38.6 Å². The molecule has 23 heavy (non-hydrogen) atoms. The molecule has 1 fully saturated rings. The molecule has 3 rings (SSSR count). The quantitative estimate of drug-likeness (QED) is 0.719. The number of nitrogens with zero attached hydrogens (tertiary/aromatic N) is 2. The molecule has 1 saturated carbocycles. The van der Waals surface area contributed by atoms with E-state index in [9.17, 15) is 4.79 Å². The van der Waals surface area contributed by atoms with Gasteiger partial charge < -0.3 is 4.57 Å². The third kappa shape index (κ3) is 4.09. The van der Waals surface area contributed by atoms with Gasteiger partial charge in [0.05, 0.1) is 10.2 Å². The molecule has 1 aliphatic carbocycles. The predicted octanol–water partition coefficient (Wildman–Crippen LogP) is 4.84. The van der Waals surface area contributed by atoms with Crippen molar-refractivity contribution in [2.24, 2.45) is 10.9 Å². The van der Waals surface area contributed by atoms with E-state index >= 15 is 0 Å². The van der Waals surface area contributed by atoms with Crippen LogP contribution in [-0.4, -0.2) is 22.5 Å². The highest BCUT2D eigenvalue weighted by molar-refractivity contribution is 9.10. The fourth-order valence-corrected chi connectivity index (χ4v) is 5.04. The number of aryl methyl sites for hydroxylation is 1. The molecule has 0 bridgehead atoms. The molecule has 0 N–H and O–H groups in total. The number of hydrogen-bond acceptors (Lipinski definition) is 3. The highest BCUT2D eigenvalue weighted by atomic mass is 79.9. The average Bonchev–Trinajstić information content (AvgIpc) is 2.89. The van der Waals surface area contributed by atoms with E-state index in [1.165, 1.54) is 16.6 Å². The first-order chi connectivity index (χ1) is 11.2. The maximum atomic E-state index is 12.5. The van der Waals surface area contributed by atoms with Gasteiger partial charge in [-0.2, -0.15) is 16.8 Å².